The van der Waals surface area contributed by atoms with E-state index in [0.717, 1.165) is 19.4 Å². The van der Waals surface area contributed by atoms with Gasteiger partial charge in [-0.25, -0.2) is 0 Å². The highest BCUT2D eigenvalue weighted by molar-refractivity contribution is 5.45. The maximum absolute atomic E-state index is 11.2. The summed E-state index contributed by atoms with van der Waals surface area (Å²) >= 11 is 0. The third-order valence-corrected chi connectivity index (χ3v) is 3.48. The summed E-state index contributed by atoms with van der Waals surface area (Å²) in [6.45, 7) is 3.85. The lowest BCUT2D eigenvalue weighted by Gasteiger charge is -2.22. The zero-order chi connectivity index (χ0) is 15.2. The smallest absolute Gasteiger partial charge is 0.352 e. The van der Waals surface area contributed by atoms with Crippen LogP contribution in [0.4, 0.5) is 5.69 Å². The first-order valence-electron chi connectivity index (χ1n) is 7.08. The molecule has 0 amide bonds. The van der Waals surface area contributed by atoms with Crippen molar-refractivity contribution in [3.63, 3.8) is 0 Å². The van der Waals surface area contributed by atoms with E-state index < -0.39 is 4.92 Å². The van der Waals surface area contributed by atoms with Crippen LogP contribution in [0.15, 0.2) is 0 Å². The molecule has 2 heterocycles. The van der Waals surface area contributed by atoms with Gasteiger partial charge in [0.2, 0.25) is 0 Å². The van der Waals surface area contributed by atoms with Crippen LogP contribution in [0, 0.1) is 17.0 Å². The zero-order valence-corrected chi connectivity index (χ0v) is 12.4. The number of hydrogen-bond donors (Lipinski definition) is 0. The molecule has 0 saturated carbocycles. The van der Waals surface area contributed by atoms with Gasteiger partial charge in [0.1, 0.15) is 5.69 Å². The van der Waals surface area contributed by atoms with Gasteiger partial charge in [-0.1, -0.05) is 0 Å². The minimum absolute atomic E-state index is 0.0359. The third kappa shape index (κ3) is 3.70. The lowest BCUT2D eigenvalue weighted by atomic mass is 10.1. The molecule has 8 nitrogen and oxygen atoms in total. The molecular formula is C13H21N3O5. The van der Waals surface area contributed by atoms with Gasteiger partial charge in [-0.3, -0.25) is 14.8 Å². The highest BCUT2D eigenvalue weighted by Crippen LogP contribution is 2.33. The van der Waals surface area contributed by atoms with E-state index in [1.54, 1.807) is 18.7 Å². The average molecular weight is 299 g/mol. The predicted molar refractivity (Wildman–Crippen MR) is 74.7 cm³/mol. The first-order chi connectivity index (χ1) is 10.1. The van der Waals surface area contributed by atoms with Gasteiger partial charge in [0.15, 0.2) is 0 Å². The Hall–Kier alpha value is -1.67. The van der Waals surface area contributed by atoms with Crippen molar-refractivity contribution < 1.29 is 19.1 Å². The Morgan fingerprint density at radius 3 is 2.95 bits per heavy atom. The standard InChI is InChI=1S/C13H21N3O5/c1-10-12(16(17)18)13(21-8-4-6-19-2)14-15(10)11-5-3-7-20-9-11/h11H,3-9H2,1-2H3. The molecule has 1 aromatic heterocycles. The fourth-order valence-electron chi connectivity index (χ4n) is 2.44. The molecule has 0 N–H and O–H groups in total. The van der Waals surface area contributed by atoms with Crippen LogP contribution in [0.5, 0.6) is 5.88 Å². The second kappa shape index (κ2) is 7.37. The first kappa shape index (κ1) is 15.7. The largest absolute Gasteiger partial charge is 0.472 e. The predicted octanol–water partition coefficient (Wildman–Crippen LogP) is 1.87. The average Bonchev–Trinajstić information content (AvgIpc) is 2.81. The second-order valence-corrected chi connectivity index (χ2v) is 5.01. The van der Waals surface area contributed by atoms with E-state index in [1.165, 1.54) is 0 Å². The normalized spacial score (nSPS) is 18.7. The molecule has 0 spiro atoms. The number of rotatable bonds is 7. The van der Waals surface area contributed by atoms with Gasteiger partial charge in [0.25, 0.3) is 0 Å². The van der Waals surface area contributed by atoms with E-state index >= 15 is 0 Å². The van der Waals surface area contributed by atoms with Crippen molar-refractivity contribution >= 4 is 5.69 Å². The first-order valence-corrected chi connectivity index (χ1v) is 7.08. The van der Waals surface area contributed by atoms with Crippen LogP contribution in [0.25, 0.3) is 0 Å². The topological polar surface area (TPSA) is 88.7 Å². The second-order valence-electron chi connectivity index (χ2n) is 5.01. The summed E-state index contributed by atoms with van der Waals surface area (Å²) < 4.78 is 17.5. The van der Waals surface area contributed by atoms with Crippen LogP contribution in [0.3, 0.4) is 0 Å². The molecule has 1 unspecified atom stereocenters. The van der Waals surface area contributed by atoms with E-state index in [-0.39, 0.29) is 17.6 Å². The van der Waals surface area contributed by atoms with E-state index in [1.807, 2.05) is 0 Å². The molecule has 1 atom stereocenters. The van der Waals surface area contributed by atoms with Gasteiger partial charge < -0.3 is 14.2 Å². The van der Waals surface area contributed by atoms with Gasteiger partial charge in [0.05, 0.1) is 24.2 Å². The van der Waals surface area contributed by atoms with Gasteiger partial charge in [-0.05, 0) is 19.8 Å². The van der Waals surface area contributed by atoms with E-state index in [4.69, 9.17) is 14.2 Å². The Morgan fingerprint density at radius 2 is 2.33 bits per heavy atom. The van der Waals surface area contributed by atoms with Crippen LogP contribution in [-0.2, 0) is 9.47 Å². The summed E-state index contributed by atoms with van der Waals surface area (Å²) in [5, 5.41) is 15.5. The van der Waals surface area contributed by atoms with E-state index in [2.05, 4.69) is 5.10 Å². The minimum Gasteiger partial charge on any atom is -0.472 e. The summed E-state index contributed by atoms with van der Waals surface area (Å²) in [5.74, 6) is 0.0826. The summed E-state index contributed by atoms with van der Waals surface area (Å²) in [6.07, 6.45) is 2.50. The van der Waals surface area contributed by atoms with E-state index in [0.29, 0.717) is 31.9 Å². The van der Waals surface area contributed by atoms with Crippen LogP contribution in [0.2, 0.25) is 0 Å². The monoisotopic (exact) mass is 299 g/mol. The van der Waals surface area contributed by atoms with Crippen molar-refractivity contribution in [3.05, 3.63) is 15.8 Å². The van der Waals surface area contributed by atoms with Crippen molar-refractivity contribution in [1.82, 2.24) is 9.78 Å². The molecule has 2 rings (SSSR count). The molecule has 1 aromatic rings. The SMILES string of the molecule is COCCCOc1nn(C2CCCOC2)c(C)c1[N+](=O)[O-]. The highest BCUT2D eigenvalue weighted by atomic mass is 16.6. The lowest BCUT2D eigenvalue weighted by Crippen LogP contribution is -2.23. The number of aromatic nitrogens is 2. The molecule has 1 aliphatic rings. The summed E-state index contributed by atoms with van der Waals surface area (Å²) in [4.78, 5) is 10.8. The molecule has 118 valence electrons. The molecule has 1 fully saturated rings. The number of methoxy groups -OCH3 is 1. The van der Waals surface area contributed by atoms with Crippen LogP contribution in [0.1, 0.15) is 31.0 Å². The Kier molecular flexibility index (Phi) is 5.51. The summed E-state index contributed by atoms with van der Waals surface area (Å²) in [5.41, 5.74) is 0.454. The van der Waals surface area contributed by atoms with Crippen LogP contribution in [-0.4, -0.2) is 48.2 Å². The maximum atomic E-state index is 11.2. The van der Waals surface area contributed by atoms with Crippen molar-refractivity contribution in [1.29, 1.82) is 0 Å². The summed E-state index contributed by atoms with van der Waals surface area (Å²) in [6, 6.07) is 0.0359. The van der Waals surface area contributed by atoms with E-state index in [9.17, 15) is 10.1 Å². The van der Waals surface area contributed by atoms with Gasteiger partial charge in [0, 0.05) is 26.7 Å². The van der Waals surface area contributed by atoms with Crippen LogP contribution < -0.4 is 4.74 Å². The molecular weight excluding hydrogens is 278 g/mol. The molecule has 1 aliphatic heterocycles. The van der Waals surface area contributed by atoms with Gasteiger partial charge >= 0.3 is 11.6 Å². The molecule has 0 aromatic carbocycles. The fourth-order valence-corrected chi connectivity index (χ4v) is 2.44. The third-order valence-electron chi connectivity index (χ3n) is 3.48. The molecule has 8 heteroatoms. The molecule has 0 bridgehead atoms. The Balaban J connectivity index is 2.16. The number of hydrogen-bond acceptors (Lipinski definition) is 6. The maximum Gasteiger partial charge on any atom is 0.352 e. The Bertz CT molecular complexity index is 482. The minimum atomic E-state index is -0.436. The Labute approximate surface area is 123 Å². The molecule has 0 radical (unpaired) electrons. The van der Waals surface area contributed by atoms with Crippen LogP contribution >= 0.6 is 0 Å². The summed E-state index contributed by atoms with van der Waals surface area (Å²) in [7, 11) is 1.60. The lowest BCUT2D eigenvalue weighted by molar-refractivity contribution is -0.386. The van der Waals surface area contributed by atoms with Crippen molar-refractivity contribution in [3.8, 4) is 5.88 Å². The quantitative estimate of drug-likeness (QED) is 0.434. The number of nitro groups is 1. The van der Waals surface area contributed by atoms with Crippen molar-refractivity contribution in [2.45, 2.75) is 32.2 Å². The van der Waals surface area contributed by atoms with Gasteiger partial charge in [-0.2, -0.15) is 0 Å². The molecule has 0 aliphatic carbocycles. The number of ether oxygens (including phenoxy) is 3. The van der Waals surface area contributed by atoms with Crippen molar-refractivity contribution in [2.24, 2.45) is 0 Å². The Morgan fingerprint density at radius 1 is 1.52 bits per heavy atom. The zero-order valence-electron chi connectivity index (χ0n) is 12.4. The number of nitrogens with zero attached hydrogens (tertiary/aromatic N) is 3. The molecule has 21 heavy (non-hydrogen) atoms. The van der Waals surface area contributed by atoms with Gasteiger partial charge in [-0.15, -0.1) is 5.10 Å². The fraction of sp³-hybridized carbons (Fsp3) is 0.769. The molecule has 1 saturated heterocycles. The highest BCUT2D eigenvalue weighted by Gasteiger charge is 2.30. The van der Waals surface area contributed by atoms with Crippen molar-refractivity contribution in [2.75, 3.05) is 33.5 Å².